The summed E-state index contributed by atoms with van der Waals surface area (Å²) in [7, 11) is 3.03. The third-order valence-corrected chi connectivity index (χ3v) is 6.27. The Balaban J connectivity index is 2.14. The predicted octanol–water partition coefficient (Wildman–Crippen LogP) is 3.75. The van der Waals surface area contributed by atoms with Crippen molar-refractivity contribution in [2.75, 3.05) is 18.1 Å². The highest BCUT2D eigenvalue weighted by Crippen LogP contribution is 2.30. The van der Waals surface area contributed by atoms with Gasteiger partial charge in [-0.3, -0.25) is 9.59 Å². The van der Waals surface area contributed by atoms with E-state index in [4.69, 9.17) is 16.7 Å². The Bertz CT molecular complexity index is 455. The number of amides is 1. The Kier molecular flexibility index (Phi) is 8.24. The van der Waals surface area contributed by atoms with Gasteiger partial charge in [0.25, 0.3) is 5.91 Å². The molecule has 1 heterocycles. The smallest absolute Gasteiger partial charge is 0.304 e. The van der Waals surface area contributed by atoms with E-state index >= 15 is 0 Å². The summed E-state index contributed by atoms with van der Waals surface area (Å²) in [5.41, 5.74) is 0. The molecule has 0 aliphatic heterocycles. The third-order valence-electron chi connectivity index (χ3n) is 1.82. The first kappa shape index (κ1) is 17.2. The number of hydrogen-bond acceptors (Lipinski definition) is 5. The van der Waals surface area contributed by atoms with E-state index in [1.807, 2.05) is 0 Å². The van der Waals surface area contributed by atoms with Crippen LogP contribution in [0.15, 0.2) is 9.85 Å². The van der Waals surface area contributed by atoms with Gasteiger partial charge in [-0.05, 0) is 22.0 Å². The standard InChI is InChI=1S/C10H11BrClNO3S3/c11-7-5-6(12)9(19-7)10(16)13-2-4-18-17-3-1-8(14)15/h5H,1-4H2,(H,13,16)(H,14,15). The number of thiophene rings is 1. The number of hydrogen-bond donors (Lipinski definition) is 2. The number of carboxylic acids is 1. The van der Waals surface area contributed by atoms with Crippen LogP contribution < -0.4 is 5.32 Å². The molecular formula is C10H11BrClNO3S3. The maximum absolute atomic E-state index is 11.8. The highest BCUT2D eigenvalue weighted by atomic mass is 79.9. The van der Waals surface area contributed by atoms with Crippen LogP contribution in [0.2, 0.25) is 5.02 Å². The molecule has 4 nitrogen and oxygen atoms in total. The summed E-state index contributed by atoms with van der Waals surface area (Å²) in [5, 5.41) is 11.7. The molecule has 0 bridgehead atoms. The predicted molar refractivity (Wildman–Crippen MR) is 86.5 cm³/mol. The number of halogens is 2. The molecule has 1 aromatic heterocycles. The molecule has 9 heteroatoms. The zero-order valence-electron chi connectivity index (χ0n) is 9.65. The molecule has 0 saturated heterocycles. The third kappa shape index (κ3) is 6.89. The van der Waals surface area contributed by atoms with Crippen molar-refractivity contribution in [1.29, 1.82) is 0 Å². The molecule has 0 aliphatic carbocycles. The fourth-order valence-electron chi connectivity index (χ4n) is 1.03. The zero-order chi connectivity index (χ0) is 14.3. The van der Waals surface area contributed by atoms with E-state index in [0.717, 1.165) is 9.54 Å². The molecule has 0 aliphatic rings. The summed E-state index contributed by atoms with van der Waals surface area (Å²) in [5.74, 6) is 0.314. The molecule has 0 saturated carbocycles. The molecule has 1 aromatic rings. The van der Waals surface area contributed by atoms with Gasteiger partial charge in [-0.15, -0.1) is 11.3 Å². The molecule has 0 unspecified atom stereocenters. The second kappa shape index (κ2) is 9.12. The summed E-state index contributed by atoms with van der Waals surface area (Å²) in [6.07, 6.45) is 0.156. The zero-order valence-corrected chi connectivity index (χ0v) is 14.4. The maximum Gasteiger partial charge on any atom is 0.304 e. The van der Waals surface area contributed by atoms with Crippen molar-refractivity contribution >= 4 is 72.3 Å². The van der Waals surface area contributed by atoms with Crippen LogP contribution in [0.25, 0.3) is 0 Å². The van der Waals surface area contributed by atoms with Gasteiger partial charge in [-0.25, -0.2) is 0 Å². The van der Waals surface area contributed by atoms with Crippen LogP contribution in [0.5, 0.6) is 0 Å². The average Bonchev–Trinajstić information content (AvgIpc) is 2.66. The first-order valence-electron chi connectivity index (χ1n) is 5.20. The van der Waals surface area contributed by atoms with Gasteiger partial charge in [-0.1, -0.05) is 33.2 Å². The normalized spacial score (nSPS) is 10.4. The van der Waals surface area contributed by atoms with Crippen LogP contribution in [0.3, 0.4) is 0 Å². The van der Waals surface area contributed by atoms with Crippen LogP contribution in [0.1, 0.15) is 16.1 Å². The average molecular weight is 405 g/mol. The van der Waals surface area contributed by atoms with E-state index in [1.165, 1.54) is 22.1 Å². The van der Waals surface area contributed by atoms with E-state index in [2.05, 4.69) is 21.2 Å². The highest BCUT2D eigenvalue weighted by Gasteiger charge is 2.13. The largest absolute Gasteiger partial charge is 0.481 e. The molecule has 0 aromatic carbocycles. The minimum absolute atomic E-state index is 0.156. The number of aliphatic carboxylic acids is 1. The summed E-state index contributed by atoms with van der Waals surface area (Å²) in [4.78, 5) is 22.5. The molecular weight excluding hydrogens is 394 g/mol. The van der Waals surface area contributed by atoms with Gasteiger partial charge in [0, 0.05) is 18.1 Å². The lowest BCUT2D eigenvalue weighted by Crippen LogP contribution is -2.24. The Labute approximate surface area is 136 Å². The number of rotatable bonds is 8. The second-order valence-electron chi connectivity index (χ2n) is 3.27. The molecule has 1 amide bonds. The van der Waals surface area contributed by atoms with Gasteiger partial charge in [0.15, 0.2) is 0 Å². The van der Waals surface area contributed by atoms with Crippen molar-refractivity contribution in [1.82, 2.24) is 5.32 Å². The van der Waals surface area contributed by atoms with Crippen LogP contribution in [-0.2, 0) is 4.79 Å². The fraction of sp³-hybridized carbons (Fsp3) is 0.400. The molecule has 0 atom stereocenters. The van der Waals surface area contributed by atoms with Crippen LogP contribution >= 0.6 is 60.5 Å². The molecule has 19 heavy (non-hydrogen) atoms. The van der Waals surface area contributed by atoms with E-state index in [1.54, 1.807) is 16.9 Å². The number of carbonyl (C=O) groups is 2. The summed E-state index contributed by atoms with van der Waals surface area (Å²) in [6.45, 7) is 0.523. The molecule has 106 valence electrons. The first-order chi connectivity index (χ1) is 9.00. The number of carbonyl (C=O) groups excluding carboxylic acids is 1. The molecule has 1 rings (SSSR count). The van der Waals surface area contributed by atoms with Gasteiger partial charge in [0.05, 0.1) is 15.2 Å². The SMILES string of the molecule is O=C(O)CCSSCCNC(=O)c1sc(Br)cc1Cl. The minimum Gasteiger partial charge on any atom is -0.481 e. The summed E-state index contributed by atoms with van der Waals surface area (Å²) >= 11 is 10.5. The van der Waals surface area contributed by atoms with E-state index < -0.39 is 5.97 Å². The Morgan fingerprint density at radius 2 is 2.11 bits per heavy atom. The van der Waals surface area contributed by atoms with Crippen molar-refractivity contribution < 1.29 is 14.7 Å². The van der Waals surface area contributed by atoms with E-state index in [0.29, 0.717) is 22.2 Å². The Morgan fingerprint density at radius 3 is 2.68 bits per heavy atom. The van der Waals surface area contributed by atoms with E-state index in [-0.39, 0.29) is 12.3 Å². The van der Waals surface area contributed by atoms with Crippen molar-refractivity contribution in [3.63, 3.8) is 0 Å². The topological polar surface area (TPSA) is 66.4 Å². The Hall–Kier alpha value is 0.110. The molecule has 0 spiro atoms. The summed E-state index contributed by atoms with van der Waals surface area (Å²) < 4.78 is 0.821. The lowest BCUT2D eigenvalue weighted by Gasteiger charge is -2.03. The van der Waals surface area contributed by atoms with Crippen molar-refractivity contribution in [3.05, 3.63) is 19.8 Å². The van der Waals surface area contributed by atoms with Crippen LogP contribution in [0.4, 0.5) is 0 Å². The minimum atomic E-state index is -0.792. The molecule has 2 N–H and O–H groups in total. The van der Waals surface area contributed by atoms with Crippen LogP contribution in [-0.4, -0.2) is 35.0 Å². The number of nitrogens with one attached hydrogen (secondary N) is 1. The fourth-order valence-corrected chi connectivity index (χ4v) is 4.83. The second-order valence-corrected chi connectivity index (χ2v) is 8.81. The Morgan fingerprint density at radius 1 is 1.42 bits per heavy atom. The van der Waals surface area contributed by atoms with Crippen molar-refractivity contribution in [3.8, 4) is 0 Å². The van der Waals surface area contributed by atoms with E-state index in [9.17, 15) is 9.59 Å². The first-order valence-corrected chi connectivity index (χ1v) is 9.67. The maximum atomic E-state index is 11.8. The van der Waals surface area contributed by atoms with Crippen molar-refractivity contribution in [2.24, 2.45) is 0 Å². The van der Waals surface area contributed by atoms with Gasteiger partial charge in [0.2, 0.25) is 0 Å². The lowest BCUT2D eigenvalue weighted by molar-refractivity contribution is -0.136. The molecule has 0 radical (unpaired) electrons. The van der Waals surface area contributed by atoms with Gasteiger partial charge < -0.3 is 10.4 Å². The highest BCUT2D eigenvalue weighted by molar-refractivity contribution is 9.11. The lowest BCUT2D eigenvalue weighted by atomic mass is 10.4. The van der Waals surface area contributed by atoms with Gasteiger partial charge in [-0.2, -0.15) is 0 Å². The number of carboxylic acid groups (broad SMARTS) is 1. The quantitative estimate of drug-likeness (QED) is 0.510. The monoisotopic (exact) mass is 403 g/mol. The van der Waals surface area contributed by atoms with Crippen LogP contribution in [0, 0.1) is 0 Å². The summed E-state index contributed by atoms with van der Waals surface area (Å²) in [6, 6.07) is 1.69. The van der Waals surface area contributed by atoms with Crippen molar-refractivity contribution in [2.45, 2.75) is 6.42 Å². The van der Waals surface area contributed by atoms with Gasteiger partial charge >= 0.3 is 5.97 Å². The molecule has 0 fully saturated rings. The van der Waals surface area contributed by atoms with Gasteiger partial charge in [0.1, 0.15) is 4.88 Å².